The number of nitrogen functional groups attached to an aromatic ring is 1. The van der Waals surface area contributed by atoms with Gasteiger partial charge >= 0.3 is 0 Å². The molecular weight excluding hydrogens is 214 g/mol. The minimum absolute atomic E-state index is 0.242. The summed E-state index contributed by atoms with van der Waals surface area (Å²) in [7, 11) is 0. The van der Waals surface area contributed by atoms with Gasteiger partial charge in [0.05, 0.1) is 0 Å². The summed E-state index contributed by atoms with van der Waals surface area (Å²) in [6, 6.07) is 7.70. The molecule has 2 aromatic rings. The Morgan fingerprint density at radius 3 is 2.65 bits per heavy atom. The van der Waals surface area contributed by atoms with Gasteiger partial charge in [-0.25, -0.2) is 4.98 Å². The highest BCUT2D eigenvalue weighted by Crippen LogP contribution is 2.19. The van der Waals surface area contributed by atoms with Gasteiger partial charge < -0.3 is 15.4 Å². The first-order valence-corrected chi connectivity index (χ1v) is 5.79. The van der Waals surface area contributed by atoms with Crippen molar-refractivity contribution in [1.82, 2.24) is 9.55 Å². The fraction of sp³-hybridized carbons (Fsp3) is 0.308. The lowest BCUT2D eigenvalue weighted by Crippen LogP contribution is -2.00. The van der Waals surface area contributed by atoms with E-state index in [1.165, 1.54) is 0 Å². The summed E-state index contributed by atoms with van der Waals surface area (Å²) in [5.41, 5.74) is 7.48. The lowest BCUT2D eigenvalue weighted by molar-refractivity contribution is 0.281. The third kappa shape index (κ3) is 2.85. The molecule has 0 amide bonds. The molecule has 1 aromatic carbocycles. The van der Waals surface area contributed by atoms with E-state index in [9.17, 15) is 0 Å². The monoisotopic (exact) mass is 231 g/mol. The molecule has 0 atom stereocenters. The maximum Gasteiger partial charge on any atom is 0.139 e. The summed E-state index contributed by atoms with van der Waals surface area (Å²) in [5.74, 6) is 0.947. The normalized spacial score (nSPS) is 10.6. The van der Waals surface area contributed by atoms with Gasteiger partial charge in [-0.15, -0.1) is 0 Å². The van der Waals surface area contributed by atoms with Crippen LogP contribution in [0.1, 0.15) is 12.8 Å². The van der Waals surface area contributed by atoms with Gasteiger partial charge in [-0.3, -0.25) is 0 Å². The predicted octanol–water partition coefficient (Wildman–Crippen LogP) is 1.90. The zero-order valence-corrected chi connectivity index (χ0v) is 9.71. The van der Waals surface area contributed by atoms with Crippen molar-refractivity contribution in [3.8, 4) is 11.4 Å². The molecule has 90 valence electrons. The summed E-state index contributed by atoms with van der Waals surface area (Å²) in [5, 5.41) is 8.77. The van der Waals surface area contributed by atoms with Crippen LogP contribution in [0.4, 0.5) is 5.69 Å². The van der Waals surface area contributed by atoms with Gasteiger partial charge in [-0.1, -0.05) is 0 Å². The highest BCUT2D eigenvalue weighted by atomic mass is 16.2. The Balaban J connectivity index is 2.15. The molecule has 0 fully saturated rings. The largest absolute Gasteiger partial charge is 0.399 e. The fourth-order valence-corrected chi connectivity index (χ4v) is 1.78. The van der Waals surface area contributed by atoms with Crippen molar-refractivity contribution in [3.63, 3.8) is 0 Å². The van der Waals surface area contributed by atoms with Gasteiger partial charge in [-0.2, -0.15) is 0 Å². The number of aliphatic hydroxyl groups excluding tert-OH is 1. The highest BCUT2D eigenvalue weighted by Gasteiger charge is 2.04. The Morgan fingerprint density at radius 1 is 1.18 bits per heavy atom. The average Bonchev–Trinajstić information content (AvgIpc) is 2.79. The van der Waals surface area contributed by atoms with Crippen LogP contribution in [0.5, 0.6) is 0 Å². The maximum absolute atomic E-state index is 8.77. The number of rotatable bonds is 5. The molecule has 17 heavy (non-hydrogen) atoms. The van der Waals surface area contributed by atoms with Gasteiger partial charge in [0.15, 0.2) is 0 Å². The van der Waals surface area contributed by atoms with Gasteiger partial charge in [0, 0.05) is 36.8 Å². The van der Waals surface area contributed by atoms with Gasteiger partial charge in [-0.05, 0) is 37.1 Å². The van der Waals surface area contributed by atoms with Crippen LogP contribution in [0.15, 0.2) is 36.7 Å². The zero-order chi connectivity index (χ0) is 12.1. The number of anilines is 1. The van der Waals surface area contributed by atoms with Crippen molar-refractivity contribution < 1.29 is 5.11 Å². The summed E-state index contributed by atoms with van der Waals surface area (Å²) in [6.07, 6.45) is 5.53. The van der Waals surface area contributed by atoms with E-state index in [2.05, 4.69) is 9.55 Å². The molecule has 4 nitrogen and oxygen atoms in total. The van der Waals surface area contributed by atoms with E-state index >= 15 is 0 Å². The van der Waals surface area contributed by atoms with Crippen molar-refractivity contribution in [2.75, 3.05) is 12.3 Å². The second-order valence-corrected chi connectivity index (χ2v) is 4.00. The number of aryl methyl sites for hydroxylation is 1. The van der Waals surface area contributed by atoms with Crippen LogP contribution in [0.3, 0.4) is 0 Å². The van der Waals surface area contributed by atoms with E-state index in [0.717, 1.165) is 36.5 Å². The Labute approximate surface area is 101 Å². The van der Waals surface area contributed by atoms with E-state index in [1.54, 1.807) is 6.20 Å². The van der Waals surface area contributed by atoms with Gasteiger partial charge in [0.25, 0.3) is 0 Å². The molecular formula is C13H17N3O. The van der Waals surface area contributed by atoms with Crippen LogP contribution < -0.4 is 5.73 Å². The summed E-state index contributed by atoms with van der Waals surface area (Å²) in [4.78, 5) is 4.35. The molecule has 0 saturated carbocycles. The van der Waals surface area contributed by atoms with Crippen LogP contribution in [-0.2, 0) is 6.54 Å². The second-order valence-electron chi connectivity index (χ2n) is 4.00. The molecule has 0 spiro atoms. The quantitative estimate of drug-likeness (QED) is 0.610. The van der Waals surface area contributed by atoms with Gasteiger partial charge in [0.2, 0.25) is 0 Å². The third-order valence-corrected chi connectivity index (χ3v) is 2.69. The van der Waals surface area contributed by atoms with Crippen LogP contribution >= 0.6 is 0 Å². The Hall–Kier alpha value is -1.81. The SMILES string of the molecule is Nc1ccc(-c2nccn2CCCCO)cc1. The van der Waals surface area contributed by atoms with Crippen molar-refractivity contribution in [2.24, 2.45) is 0 Å². The number of benzene rings is 1. The molecule has 0 bridgehead atoms. The van der Waals surface area contributed by atoms with Crippen LogP contribution in [0.25, 0.3) is 11.4 Å². The number of hydrogen-bond acceptors (Lipinski definition) is 3. The van der Waals surface area contributed by atoms with E-state index in [-0.39, 0.29) is 6.61 Å². The zero-order valence-electron chi connectivity index (χ0n) is 9.71. The van der Waals surface area contributed by atoms with Crippen LogP contribution in [0.2, 0.25) is 0 Å². The number of nitrogens with zero attached hydrogens (tertiary/aromatic N) is 2. The summed E-state index contributed by atoms with van der Waals surface area (Å²) in [6.45, 7) is 1.12. The molecule has 1 aromatic heterocycles. The lowest BCUT2D eigenvalue weighted by atomic mass is 10.2. The first-order valence-electron chi connectivity index (χ1n) is 5.79. The molecule has 3 N–H and O–H groups in total. The number of imidazole rings is 1. The minimum Gasteiger partial charge on any atom is -0.399 e. The third-order valence-electron chi connectivity index (χ3n) is 2.69. The molecule has 0 unspecified atom stereocenters. The van der Waals surface area contributed by atoms with E-state index in [0.29, 0.717) is 0 Å². The lowest BCUT2D eigenvalue weighted by Gasteiger charge is -2.07. The number of unbranched alkanes of at least 4 members (excludes halogenated alkanes) is 1. The number of aliphatic hydroxyl groups is 1. The Kier molecular flexibility index (Phi) is 3.77. The molecule has 4 heteroatoms. The maximum atomic E-state index is 8.77. The van der Waals surface area contributed by atoms with Crippen LogP contribution in [0, 0.1) is 0 Å². The molecule has 0 saturated heterocycles. The highest BCUT2D eigenvalue weighted by molar-refractivity contribution is 5.59. The summed E-state index contributed by atoms with van der Waals surface area (Å²) < 4.78 is 2.10. The summed E-state index contributed by atoms with van der Waals surface area (Å²) >= 11 is 0. The molecule has 0 radical (unpaired) electrons. The number of nitrogens with two attached hydrogens (primary N) is 1. The first kappa shape index (κ1) is 11.7. The molecule has 1 heterocycles. The smallest absolute Gasteiger partial charge is 0.139 e. The minimum atomic E-state index is 0.242. The van der Waals surface area contributed by atoms with E-state index in [4.69, 9.17) is 10.8 Å². The molecule has 2 rings (SSSR count). The van der Waals surface area contributed by atoms with Crippen molar-refractivity contribution in [3.05, 3.63) is 36.7 Å². The van der Waals surface area contributed by atoms with Crippen molar-refractivity contribution >= 4 is 5.69 Å². The number of hydrogen-bond donors (Lipinski definition) is 2. The predicted molar refractivity (Wildman–Crippen MR) is 68.4 cm³/mol. The Morgan fingerprint density at radius 2 is 1.94 bits per heavy atom. The average molecular weight is 231 g/mol. The second kappa shape index (κ2) is 5.50. The van der Waals surface area contributed by atoms with Gasteiger partial charge in [0.1, 0.15) is 5.82 Å². The molecule has 0 aliphatic rings. The van der Waals surface area contributed by atoms with Crippen molar-refractivity contribution in [2.45, 2.75) is 19.4 Å². The number of aromatic nitrogens is 2. The molecule has 0 aliphatic carbocycles. The van der Waals surface area contributed by atoms with E-state index < -0.39 is 0 Å². The van der Waals surface area contributed by atoms with Crippen LogP contribution in [-0.4, -0.2) is 21.3 Å². The first-order chi connectivity index (χ1) is 8.31. The molecule has 0 aliphatic heterocycles. The van der Waals surface area contributed by atoms with Crippen molar-refractivity contribution in [1.29, 1.82) is 0 Å². The Bertz CT molecular complexity index is 462. The van der Waals surface area contributed by atoms with E-state index in [1.807, 2.05) is 30.5 Å². The fourth-order valence-electron chi connectivity index (χ4n) is 1.78. The topological polar surface area (TPSA) is 64.1 Å². The standard InChI is InChI=1S/C13H17N3O/c14-12-5-3-11(4-6-12)13-15-7-9-16(13)8-1-2-10-17/h3-7,9,17H,1-2,8,10,14H2.